The average Bonchev–Trinajstić information content (AvgIpc) is 2.56. The maximum atomic E-state index is 12.2. The van der Waals surface area contributed by atoms with E-state index in [0.29, 0.717) is 18.0 Å². The van der Waals surface area contributed by atoms with Crippen molar-refractivity contribution in [2.75, 3.05) is 26.0 Å². The number of pyridine rings is 1. The van der Waals surface area contributed by atoms with E-state index < -0.39 is 0 Å². The van der Waals surface area contributed by atoms with Crippen LogP contribution in [-0.2, 0) is 0 Å². The quantitative estimate of drug-likeness (QED) is 0.774. The molecule has 0 saturated heterocycles. The van der Waals surface area contributed by atoms with Gasteiger partial charge in [-0.3, -0.25) is 9.20 Å². The van der Waals surface area contributed by atoms with Crippen LogP contribution in [0.2, 0.25) is 5.02 Å². The number of fused-ring (bicyclic) bond motifs is 1. The molecule has 0 radical (unpaired) electrons. The molecule has 1 aromatic carbocycles. The van der Waals surface area contributed by atoms with E-state index in [0.717, 1.165) is 10.6 Å². The summed E-state index contributed by atoms with van der Waals surface area (Å²) in [5, 5.41) is 3.99. The second kappa shape index (κ2) is 7.03. The van der Waals surface area contributed by atoms with E-state index in [2.05, 4.69) is 15.2 Å². The van der Waals surface area contributed by atoms with Crippen LogP contribution in [0.15, 0.2) is 59.5 Å². The third kappa shape index (κ3) is 3.42. The summed E-state index contributed by atoms with van der Waals surface area (Å²) in [7, 11) is 4.00. The number of aromatic nitrogens is 2. The number of hydrogen-bond acceptors (Lipinski definition) is 4. The monoisotopic (exact) mass is 342 g/mol. The van der Waals surface area contributed by atoms with Crippen LogP contribution in [-0.4, -0.2) is 34.9 Å². The molecule has 0 saturated carbocycles. The molecule has 0 fully saturated rings. The maximum Gasteiger partial charge on any atom is 0.259 e. The molecule has 2 aromatic heterocycles. The van der Waals surface area contributed by atoms with Gasteiger partial charge in [0.05, 0.1) is 6.04 Å². The number of likely N-dealkylation sites (N-methyl/N-ethyl adjacent to an activating group) is 1. The number of nitrogens with one attached hydrogen (secondary N) is 1. The molecule has 1 atom stereocenters. The van der Waals surface area contributed by atoms with Gasteiger partial charge in [-0.05, 0) is 37.9 Å². The van der Waals surface area contributed by atoms with Crippen LogP contribution in [0.5, 0.6) is 0 Å². The normalized spacial score (nSPS) is 12.5. The molecule has 24 heavy (non-hydrogen) atoms. The van der Waals surface area contributed by atoms with Gasteiger partial charge in [0.15, 0.2) is 0 Å². The van der Waals surface area contributed by atoms with Crippen molar-refractivity contribution in [1.82, 2.24) is 14.3 Å². The second-order valence-corrected chi connectivity index (χ2v) is 6.20. The summed E-state index contributed by atoms with van der Waals surface area (Å²) in [6.45, 7) is 0.589. The van der Waals surface area contributed by atoms with Crippen LogP contribution in [0.3, 0.4) is 0 Å². The van der Waals surface area contributed by atoms with Crippen molar-refractivity contribution in [1.29, 1.82) is 0 Å². The fourth-order valence-corrected chi connectivity index (χ4v) is 2.92. The Morgan fingerprint density at radius 2 is 1.96 bits per heavy atom. The third-order valence-corrected chi connectivity index (χ3v) is 4.28. The average molecular weight is 343 g/mol. The molecule has 0 aliphatic heterocycles. The zero-order valence-corrected chi connectivity index (χ0v) is 14.4. The van der Waals surface area contributed by atoms with Crippen LogP contribution in [0.25, 0.3) is 5.65 Å². The predicted octanol–water partition coefficient (Wildman–Crippen LogP) is 3.06. The van der Waals surface area contributed by atoms with Gasteiger partial charge < -0.3 is 10.2 Å². The van der Waals surface area contributed by atoms with E-state index in [1.165, 1.54) is 10.5 Å². The summed E-state index contributed by atoms with van der Waals surface area (Å²) < 4.78 is 1.52. The molecule has 124 valence electrons. The Morgan fingerprint density at radius 1 is 1.21 bits per heavy atom. The molecular formula is C18H19ClN4O. The molecule has 1 N–H and O–H groups in total. The summed E-state index contributed by atoms with van der Waals surface area (Å²) in [5.74, 6) is 0.560. The lowest BCUT2D eigenvalue weighted by atomic mass is 10.1. The lowest BCUT2D eigenvalue weighted by Gasteiger charge is -2.26. The topological polar surface area (TPSA) is 49.6 Å². The summed E-state index contributed by atoms with van der Waals surface area (Å²) in [5.41, 5.74) is 1.54. The molecule has 0 bridgehead atoms. The Bertz CT molecular complexity index is 907. The Morgan fingerprint density at radius 3 is 2.71 bits per heavy atom. The molecule has 0 aliphatic carbocycles. The number of anilines is 1. The van der Waals surface area contributed by atoms with Gasteiger partial charge in [-0.15, -0.1) is 0 Å². The minimum Gasteiger partial charge on any atom is -0.368 e. The van der Waals surface area contributed by atoms with E-state index in [1.807, 2.05) is 56.6 Å². The fourth-order valence-electron chi connectivity index (χ4n) is 2.66. The highest BCUT2D eigenvalue weighted by Crippen LogP contribution is 2.26. The summed E-state index contributed by atoms with van der Waals surface area (Å²) in [6.07, 6.45) is 1.71. The van der Waals surface area contributed by atoms with Gasteiger partial charge in [-0.1, -0.05) is 35.9 Å². The van der Waals surface area contributed by atoms with Crippen LogP contribution in [0.1, 0.15) is 11.6 Å². The SMILES string of the molecule is CN(C)C(CNc1cc(=O)n2ccccc2n1)c1ccccc1Cl. The largest absolute Gasteiger partial charge is 0.368 e. The Hall–Kier alpha value is -2.37. The minimum absolute atomic E-state index is 0.0646. The van der Waals surface area contributed by atoms with Crippen molar-refractivity contribution in [3.05, 3.63) is 75.7 Å². The predicted molar refractivity (Wildman–Crippen MR) is 97.8 cm³/mol. The third-order valence-electron chi connectivity index (χ3n) is 3.94. The van der Waals surface area contributed by atoms with Gasteiger partial charge in [0.1, 0.15) is 11.5 Å². The molecule has 0 amide bonds. The van der Waals surface area contributed by atoms with Gasteiger partial charge in [-0.2, -0.15) is 0 Å². The van der Waals surface area contributed by atoms with Crippen LogP contribution in [0.4, 0.5) is 5.82 Å². The standard InChI is InChI=1S/C18H19ClN4O/c1-22(2)15(13-7-3-4-8-14(13)19)12-20-16-11-18(24)23-10-6-5-9-17(23)21-16/h3-11,15,20H,12H2,1-2H3. The van der Waals surface area contributed by atoms with Crippen molar-refractivity contribution < 1.29 is 0 Å². The first-order valence-corrected chi connectivity index (χ1v) is 8.07. The van der Waals surface area contributed by atoms with Crippen molar-refractivity contribution in [2.24, 2.45) is 0 Å². The van der Waals surface area contributed by atoms with Gasteiger partial charge in [0.25, 0.3) is 5.56 Å². The lowest BCUT2D eigenvalue weighted by molar-refractivity contribution is 0.312. The van der Waals surface area contributed by atoms with Crippen molar-refractivity contribution in [3.8, 4) is 0 Å². The number of hydrogen-bond donors (Lipinski definition) is 1. The van der Waals surface area contributed by atoms with Crippen LogP contribution < -0.4 is 10.9 Å². The van der Waals surface area contributed by atoms with E-state index >= 15 is 0 Å². The molecule has 3 aromatic rings. The van der Waals surface area contributed by atoms with Crippen LogP contribution in [0, 0.1) is 0 Å². The first kappa shape index (κ1) is 16.5. The van der Waals surface area contributed by atoms with Gasteiger partial charge in [0.2, 0.25) is 0 Å². The minimum atomic E-state index is -0.109. The molecule has 3 rings (SSSR count). The van der Waals surface area contributed by atoms with E-state index in [9.17, 15) is 4.79 Å². The van der Waals surface area contributed by atoms with Crippen molar-refractivity contribution in [2.45, 2.75) is 6.04 Å². The Balaban J connectivity index is 1.85. The smallest absolute Gasteiger partial charge is 0.259 e. The zero-order chi connectivity index (χ0) is 17.1. The Labute approximate surface area is 145 Å². The molecule has 0 spiro atoms. The van der Waals surface area contributed by atoms with E-state index in [4.69, 9.17) is 11.6 Å². The highest BCUT2D eigenvalue weighted by Gasteiger charge is 2.17. The number of benzene rings is 1. The summed E-state index contributed by atoms with van der Waals surface area (Å²) in [4.78, 5) is 18.7. The molecule has 5 nitrogen and oxygen atoms in total. The van der Waals surface area contributed by atoms with Gasteiger partial charge in [-0.25, -0.2) is 4.98 Å². The first-order chi connectivity index (χ1) is 11.6. The summed E-state index contributed by atoms with van der Waals surface area (Å²) in [6, 6.07) is 14.8. The molecule has 6 heteroatoms. The highest BCUT2D eigenvalue weighted by molar-refractivity contribution is 6.31. The molecule has 0 aliphatic rings. The van der Waals surface area contributed by atoms with Crippen LogP contribution >= 0.6 is 11.6 Å². The van der Waals surface area contributed by atoms with Gasteiger partial charge >= 0.3 is 0 Å². The van der Waals surface area contributed by atoms with Gasteiger partial charge in [0, 0.05) is 23.8 Å². The first-order valence-electron chi connectivity index (χ1n) is 7.69. The molecule has 2 heterocycles. The fraction of sp³-hybridized carbons (Fsp3) is 0.222. The molecule has 1 unspecified atom stereocenters. The lowest BCUT2D eigenvalue weighted by Crippen LogP contribution is -2.28. The van der Waals surface area contributed by atoms with E-state index in [1.54, 1.807) is 6.20 Å². The Kier molecular flexibility index (Phi) is 4.83. The second-order valence-electron chi connectivity index (χ2n) is 5.79. The maximum absolute atomic E-state index is 12.2. The van der Waals surface area contributed by atoms with Crippen molar-refractivity contribution >= 4 is 23.1 Å². The molecular weight excluding hydrogens is 324 g/mol. The highest BCUT2D eigenvalue weighted by atomic mass is 35.5. The summed E-state index contributed by atoms with van der Waals surface area (Å²) >= 11 is 6.32. The van der Waals surface area contributed by atoms with Crippen molar-refractivity contribution in [3.63, 3.8) is 0 Å². The number of rotatable bonds is 5. The zero-order valence-electron chi connectivity index (χ0n) is 13.6. The van der Waals surface area contributed by atoms with E-state index in [-0.39, 0.29) is 11.6 Å². The number of nitrogens with zero attached hydrogens (tertiary/aromatic N) is 3. The number of halogens is 1.